The van der Waals surface area contributed by atoms with Gasteiger partial charge in [0, 0.05) is 11.3 Å². The summed E-state index contributed by atoms with van der Waals surface area (Å²) in [5.41, 5.74) is 1.87. The molecular formula is C20H18FNO3S. The molecule has 1 unspecified atom stereocenters. The third-order valence-corrected chi connectivity index (χ3v) is 4.89. The lowest BCUT2D eigenvalue weighted by molar-refractivity contribution is -0.144. The van der Waals surface area contributed by atoms with Crippen molar-refractivity contribution in [2.45, 2.75) is 24.5 Å². The van der Waals surface area contributed by atoms with E-state index in [1.54, 1.807) is 12.1 Å². The molecule has 0 aliphatic carbocycles. The van der Waals surface area contributed by atoms with Crippen LogP contribution in [0.5, 0.6) is 0 Å². The molecule has 0 aliphatic rings. The molecule has 0 bridgehead atoms. The van der Waals surface area contributed by atoms with E-state index < -0.39 is 0 Å². The van der Waals surface area contributed by atoms with Crippen LogP contribution in [0.25, 0.3) is 11.3 Å². The van der Waals surface area contributed by atoms with Crippen molar-refractivity contribution in [3.05, 3.63) is 78.1 Å². The number of benzene rings is 2. The smallest absolute Gasteiger partial charge is 0.319 e. The molecular weight excluding hydrogens is 353 g/mol. The fourth-order valence-electron chi connectivity index (χ4n) is 2.24. The molecule has 1 heterocycles. The van der Waals surface area contributed by atoms with Crippen LogP contribution in [0.2, 0.25) is 0 Å². The Kier molecular flexibility index (Phi) is 6.07. The number of carbonyl (C=O) groups is 1. The Morgan fingerprint density at radius 1 is 1.19 bits per heavy atom. The molecule has 3 rings (SSSR count). The van der Waals surface area contributed by atoms with E-state index in [2.05, 4.69) is 4.98 Å². The van der Waals surface area contributed by atoms with Gasteiger partial charge < -0.3 is 9.15 Å². The van der Waals surface area contributed by atoms with Gasteiger partial charge in [0.25, 0.3) is 0 Å². The fourth-order valence-corrected chi connectivity index (χ4v) is 3.08. The summed E-state index contributed by atoms with van der Waals surface area (Å²) in [6.07, 6.45) is 1.53. The van der Waals surface area contributed by atoms with Crippen molar-refractivity contribution in [3.8, 4) is 11.3 Å². The van der Waals surface area contributed by atoms with E-state index in [0.717, 1.165) is 11.3 Å². The summed E-state index contributed by atoms with van der Waals surface area (Å²) in [6.45, 7) is 1.78. The molecule has 6 heteroatoms. The van der Waals surface area contributed by atoms with E-state index in [9.17, 15) is 9.18 Å². The van der Waals surface area contributed by atoms with Crippen molar-refractivity contribution in [1.82, 2.24) is 4.98 Å². The maximum absolute atomic E-state index is 13.0. The standard InChI is InChI=1S/C20H18FNO3S/c1-14(26-13-15-5-3-2-4-6-15)20(23)24-12-19-22-11-18(25-19)16-7-9-17(21)10-8-16/h2-11,14H,12-13H2,1H3. The van der Waals surface area contributed by atoms with Crippen molar-refractivity contribution >= 4 is 17.7 Å². The summed E-state index contributed by atoms with van der Waals surface area (Å²) in [5, 5.41) is -0.290. The van der Waals surface area contributed by atoms with Crippen LogP contribution in [0.4, 0.5) is 4.39 Å². The average molecular weight is 371 g/mol. The molecule has 134 valence electrons. The number of carbonyl (C=O) groups excluding carboxylic acids is 1. The van der Waals surface area contributed by atoms with Crippen molar-refractivity contribution in [2.24, 2.45) is 0 Å². The van der Waals surface area contributed by atoms with Gasteiger partial charge in [0.15, 0.2) is 12.4 Å². The molecule has 1 aromatic heterocycles. The summed E-state index contributed by atoms with van der Waals surface area (Å²) in [5.74, 6) is 0.919. The summed E-state index contributed by atoms with van der Waals surface area (Å²) < 4.78 is 23.8. The lowest BCUT2D eigenvalue weighted by Crippen LogP contribution is -2.17. The summed E-state index contributed by atoms with van der Waals surface area (Å²) in [4.78, 5) is 16.2. The van der Waals surface area contributed by atoms with Gasteiger partial charge in [0.1, 0.15) is 5.82 Å². The first-order valence-electron chi connectivity index (χ1n) is 8.14. The van der Waals surface area contributed by atoms with Crippen molar-refractivity contribution in [2.75, 3.05) is 0 Å². The highest BCUT2D eigenvalue weighted by molar-refractivity contribution is 7.99. The average Bonchev–Trinajstić information content (AvgIpc) is 3.14. The summed E-state index contributed by atoms with van der Waals surface area (Å²) >= 11 is 1.52. The van der Waals surface area contributed by atoms with Gasteiger partial charge in [-0.3, -0.25) is 4.79 Å². The van der Waals surface area contributed by atoms with Crippen molar-refractivity contribution in [3.63, 3.8) is 0 Å². The Morgan fingerprint density at radius 2 is 1.92 bits per heavy atom. The third kappa shape index (κ3) is 4.95. The highest BCUT2D eigenvalue weighted by Gasteiger charge is 2.16. The van der Waals surface area contributed by atoms with Crippen molar-refractivity contribution < 1.29 is 18.3 Å². The number of hydrogen-bond acceptors (Lipinski definition) is 5. The fraction of sp³-hybridized carbons (Fsp3) is 0.200. The van der Waals surface area contributed by atoms with Crippen LogP contribution in [0.1, 0.15) is 18.4 Å². The third-order valence-electron chi connectivity index (χ3n) is 3.69. The minimum absolute atomic E-state index is 0.0315. The minimum atomic E-state index is -0.315. The van der Waals surface area contributed by atoms with Gasteiger partial charge in [-0.05, 0) is 36.8 Å². The molecule has 3 aromatic rings. The Balaban J connectivity index is 1.49. The van der Waals surface area contributed by atoms with Gasteiger partial charge >= 0.3 is 5.97 Å². The van der Waals surface area contributed by atoms with Crippen LogP contribution in [0.3, 0.4) is 0 Å². The first-order valence-corrected chi connectivity index (χ1v) is 9.19. The molecule has 0 aliphatic heterocycles. The molecule has 2 aromatic carbocycles. The molecule has 0 amide bonds. The zero-order valence-electron chi connectivity index (χ0n) is 14.2. The van der Waals surface area contributed by atoms with Crippen LogP contribution in [-0.4, -0.2) is 16.2 Å². The van der Waals surface area contributed by atoms with Crippen LogP contribution in [-0.2, 0) is 21.9 Å². The summed E-state index contributed by atoms with van der Waals surface area (Å²) in [6, 6.07) is 15.9. The van der Waals surface area contributed by atoms with Crippen LogP contribution < -0.4 is 0 Å². The predicted octanol–water partition coefficient (Wildman–Crippen LogP) is 4.85. The Bertz CT molecular complexity index is 849. The second kappa shape index (κ2) is 8.67. The van der Waals surface area contributed by atoms with Gasteiger partial charge in [-0.1, -0.05) is 30.3 Å². The molecule has 0 N–H and O–H groups in total. The number of oxazole rings is 1. The second-order valence-electron chi connectivity index (χ2n) is 5.67. The van der Waals surface area contributed by atoms with Crippen LogP contribution in [0, 0.1) is 5.82 Å². The van der Waals surface area contributed by atoms with E-state index in [-0.39, 0.29) is 23.6 Å². The topological polar surface area (TPSA) is 52.3 Å². The number of halogens is 1. The van der Waals surface area contributed by atoms with Gasteiger partial charge in [0.2, 0.25) is 5.89 Å². The maximum atomic E-state index is 13.0. The molecule has 0 saturated heterocycles. The number of aromatic nitrogens is 1. The SMILES string of the molecule is CC(SCc1ccccc1)C(=O)OCc1ncc(-c2ccc(F)cc2)o1. The molecule has 4 nitrogen and oxygen atoms in total. The number of thioether (sulfide) groups is 1. The Labute approximate surface area is 155 Å². The van der Waals surface area contributed by atoms with E-state index >= 15 is 0 Å². The first-order chi connectivity index (χ1) is 12.6. The molecule has 1 atom stereocenters. The summed E-state index contributed by atoms with van der Waals surface area (Å²) in [7, 11) is 0. The molecule has 26 heavy (non-hydrogen) atoms. The minimum Gasteiger partial charge on any atom is -0.455 e. The number of nitrogens with zero attached hydrogens (tertiary/aromatic N) is 1. The Hall–Kier alpha value is -2.60. The van der Waals surface area contributed by atoms with E-state index in [1.165, 1.54) is 30.1 Å². The molecule has 0 fully saturated rings. The molecule has 0 radical (unpaired) electrons. The van der Waals surface area contributed by atoms with Gasteiger partial charge in [-0.2, -0.15) is 0 Å². The lowest BCUT2D eigenvalue weighted by Gasteiger charge is -2.10. The van der Waals surface area contributed by atoms with E-state index in [0.29, 0.717) is 17.2 Å². The number of rotatable bonds is 7. The second-order valence-corrected chi connectivity index (χ2v) is 7.00. The zero-order chi connectivity index (χ0) is 18.4. The van der Waals surface area contributed by atoms with Crippen LogP contribution >= 0.6 is 11.8 Å². The van der Waals surface area contributed by atoms with Crippen LogP contribution in [0.15, 0.2) is 65.2 Å². The monoisotopic (exact) mass is 371 g/mol. The van der Waals surface area contributed by atoms with Gasteiger partial charge in [0.05, 0.1) is 11.4 Å². The first kappa shape index (κ1) is 18.2. The number of hydrogen-bond donors (Lipinski definition) is 0. The highest BCUT2D eigenvalue weighted by Crippen LogP contribution is 2.22. The van der Waals surface area contributed by atoms with Gasteiger partial charge in [-0.15, -0.1) is 11.8 Å². The number of ether oxygens (including phenoxy) is 1. The van der Waals surface area contributed by atoms with E-state index in [1.807, 2.05) is 37.3 Å². The predicted molar refractivity (Wildman–Crippen MR) is 98.9 cm³/mol. The van der Waals surface area contributed by atoms with E-state index in [4.69, 9.17) is 9.15 Å². The largest absolute Gasteiger partial charge is 0.455 e. The maximum Gasteiger partial charge on any atom is 0.319 e. The Morgan fingerprint density at radius 3 is 2.65 bits per heavy atom. The quantitative estimate of drug-likeness (QED) is 0.556. The van der Waals surface area contributed by atoms with Crippen molar-refractivity contribution in [1.29, 1.82) is 0 Å². The molecule has 0 spiro atoms. The molecule has 0 saturated carbocycles. The highest BCUT2D eigenvalue weighted by atomic mass is 32.2. The zero-order valence-corrected chi connectivity index (χ0v) is 15.0. The lowest BCUT2D eigenvalue weighted by atomic mass is 10.2. The normalized spacial score (nSPS) is 11.9. The van der Waals surface area contributed by atoms with Gasteiger partial charge in [-0.25, -0.2) is 9.37 Å². The number of esters is 1.